The predicted octanol–water partition coefficient (Wildman–Crippen LogP) is 2.69. The van der Waals surface area contributed by atoms with Gasteiger partial charge in [0.15, 0.2) is 5.13 Å². The summed E-state index contributed by atoms with van der Waals surface area (Å²) in [6.07, 6.45) is 1.45. The smallest absolute Gasteiger partial charge is 0.273 e. The van der Waals surface area contributed by atoms with Crippen molar-refractivity contribution in [3.63, 3.8) is 0 Å². The molecule has 25 heavy (non-hydrogen) atoms. The van der Waals surface area contributed by atoms with Crippen molar-refractivity contribution in [2.45, 2.75) is 26.3 Å². The molecule has 0 saturated carbocycles. The molecule has 0 unspecified atom stereocenters. The number of rotatable bonds is 4. The summed E-state index contributed by atoms with van der Waals surface area (Å²) >= 11 is 1.25. The Balaban J connectivity index is 2.17. The second-order valence-electron chi connectivity index (χ2n) is 6.50. The first-order valence-electron chi connectivity index (χ1n) is 7.67. The Labute approximate surface area is 151 Å². The van der Waals surface area contributed by atoms with Crippen LogP contribution in [0.15, 0.2) is 23.7 Å². The minimum atomic E-state index is -0.308. The largest absolute Gasteiger partial charge is 0.481 e. The van der Waals surface area contributed by atoms with Crippen LogP contribution in [0, 0.1) is 0 Å². The molecule has 2 aromatic heterocycles. The van der Waals surface area contributed by atoms with Crippen LogP contribution in [0.5, 0.6) is 5.88 Å². The highest BCUT2D eigenvalue weighted by atomic mass is 32.1. The van der Waals surface area contributed by atoms with Gasteiger partial charge in [0.25, 0.3) is 11.8 Å². The summed E-state index contributed by atoms with van der Waals surface area (Å²) in [6, 6.07) is 3.26. The number of methoxy groups -OCH3 is 1. The number of carbonyl (C=O) groups is 2. The van der Waals surface area contributed by atoms with Gasteiger partial charge >= 0.3 is 0 Å². The summed E-state index contributed by atoms with van der Waals surface area (Å²) in [5.74, 6) is 0.00110. The van der Waals surface area contributed by atoms with E-state index in [1.54, 1.807) is 36.5 Å². The van der Waals surface area contributed by atoms with E-state index in [-0.39, 0.29) is 17.4 Å². The third-order valence-corrected chi connectivity index (χ3v) is 4.72. The molecule has 2 rings (SSSR count). The molecule has 0 saturated heterocycles. The van der Waals surface area contributed by atoms with Gasteiger partial charge in [-0.15, -0.1) is 11.3 Å². The van der Waals surface area contributed by atoms with Crippen LogP contribution in [0.2, 0.25) is 0 Å². The van der Waals surface area contributed by atoms with Crippen LogP contribution in [0.1, 0.15) is 41.6 Å². The topological polar surface area (TPSA) is 75.6 Å². The molecule has 0 aliphatic carbocycles. The van der Waals surface area contributed by atoms with Crippen LogP contribution < -0.4 is 9.64 Å². The molecule has 0 aliphatic heterocycles. The van der Waals surface area contributed by atoms with Crippen molar-refractivity contribution in [1.82, 2.24) is 14.9 Å². The number of hydrogen-bond acceptors (Lipinski definition) is 6. The summed E-state index contributed by atoms with van der Waals surface area (Å²) in [6.45, 7) is 5.85. The normalized spacial score (nSPS) is 11.1. The van der Waals surface area contributed by atoms with Gasteiger partial charge in [-0.1, -0.05) is 0 Å². The Morgan fingerprint density at radius 2 is 1.84 bits per heavy atom. The SMILES string of the molecule is COc1ccc(C(=O)N(C)c2nc(C(=O)N(C)C(C)(C)C)cs2)cn1. The van der Waals surface area contributed by atoms with E-state index in [2.05, 4.69) is 9.97 Å². The molecule has 0 bridgehead atoms. The van der Waals surface area contributed by atoms with Crippen molar-refractivity contribution in [3.8, 4) is 5.88 Å². The average molecular weight is 362 g/mol. The van der Waals surface area contributed by atoms with Crippen molar-refractivity contribution in [3.05, 3.63) is 35.0 Å². The highest BCUT2D eigenvalue weighted by Gasteiger charge is 2.26. The van der Waals surface area contributed by atoms with Crippen LogP contribution in [-0.4, -0.2) is 53.4 Å². The van der Waals surface area contributed by atoms with Crippen LogP contribution in [0.3, 0.4) is 0 Å². The monoisotopic (exact) mass is 362 g/mol. The zero-order chi connectivity index (χ0) is 18.8. The van der Waals surface area contributed by atoms with E-state index in [0.29, 0.717) is 22.3 Å². The first-order valence-corrected chi connectivity index (χ1v) is 8.55. The van der Waals surface area contributed by atoms with Gasteiger partial charge in [0, 0.05) is 37.3 Å². The molecule has 0 aliphatic rings. The molecule has 2 aromatic rings. The Morgan fingerprint density at radius 1 is 1.16 bits per heavy atom. The van der Waals surface area contributed by atoms with Gasteiger partial charge in [0.1, 0.15) is 5.69 Å². The lowest BCUT2D eigenvalue weighted by atomic mass is 10.1. The second kappa shape index (κ2) is 7.18. The number of aromatic nitrogens is 2. The molecule has 0 atom stereocenters. The number of anilines is 1. The fraction of sp³-hybridized carbons (Fsp3) is 0.412. The molecule has 7 nitrogen and oxygen atoms in total. The van der Waals surface area contributed by atoms with Crippen molar-refractivity contribution >= 4 is 28.3 Å². The molecule has 2 heterocycles. The number of thiazole rings is 1. The van der Waals surface area contributed by atoms with Crippen LogP contribution in [0.25, 0.3) is 0 Å². The van der Waals surface area contributed by atoms with Crippen LogP contribution >= 0.6 is 11.3 Å². The van der Waals surface area contributed by atoms with Gasteiger partial charge in [-0.25, -0.2) is 9.97 Å². The molecule has 134 valence electrons. The Kier molecular flexibility index (Phi) is 5.42. The minimum absolute atomic E-state index is 0.179. The molecular formula is C17H22N4O3S. The van der Waals surface area contributed by atoms with E-state index in [9.17, 15) is 9.59 Å². The Bertz CT molecular complexity index is 765. The Morgan fingerprint density at radius 3 is 2.36 bits per heavy atom. The van der Waals surface area contributed by atoms with E-state index >= 15 is 0 Å². The fourth-order valence-corrected chi connectivity index (χ4v) is 2.66. The first kappa shape index (κ1) is 18.9. The van der Waals surface area contributed by atoms with E-state index < -0.39 is 0 Å². The minimum Gasteiger partial charge on any atom is -0.481 e. The van der Waals surface area contributed by atoms with E-state index in [1.807, 2.05) is 20.8 Å². The van der Waals surface area contributed by atoms with Gasteiger partial charge in [-0.3, -0.25) is 14.5 Å². The summed E-state index contributed by atoms with van der Waals surface area (Å²) in [5.41, 5.74) is 0.431. The number of nitrogens with zero attached hydrogens (tertiary/aromatic N) is 4. The summed E-state index contributed by atoms with van der Waals surface area (Å²) in [4.78, 5) is 36.4. The number of pyridine rings is 1. The summed E-state index contributed by atoms with van der Waals surface area (Å²) < 4.78 is 4.99. The lowest BCUT2D eigenvalue weighted by Gasteiger charge is -2.31. The van der Waals surface area contributed by atoms with Crippen molar-refractivity contribution in [1.29, 1.82) is 0 Å². The molecule has 0 fully saturated rings. The first-order chi connectivity index (χ1) is 11.6. The number of carbonyl (C=O) groups excluding carboxylic acids is 2. The van der Waals surface area contributed by atoms with Gasteiger partial charge < -0.3 is 9.64 Å². The highest BCUT2D eigenvalue weighted by Crippen LogP contribution is 2.23. The van der Waals surface area contributed by atoms with Crippen LogP contribution in [-0.2, 0) is 0 Å². The lowest BCUT2D eigenvalue weighted by molar-refractivity contribution is 0.0650. The van der Waals surface area contributed by atoms with Crippen LogP contribution in [0.4, 0.5) is 5.13 Å². The molecular weight excluding hydrogens is 340 g/mol. The van der Waals surface area contributed by atoms with Gasteiger partial charge in [0.05, 0.1) is 12.7 Å². The maximum atomic E-state index is 12.5. The van der Waals surface area contributed by atoms with E-state index in [4.69, 9.17) is 4.74 Å². The average Bonchev–Trinajstić information content (AvgIpc) is 3.08. The quantitative estimate of drug-likeness (QED) is 0.836. The molecule has 0 radical (unpaired) electrons. The maximum Gasteiger partial charge on any atom is 0.273 e. The molecule has 0 spiro atoms. The zero-order valence-electron chi connectivity index (χ0n) is 15.2. The lowest BCUT2D eigenvalue weighted by Crippen LogP contribution is -2.42. The standard InChI is InChI=1S/C17H22N4O3S/c1-17(2,3)21(5)15(23)12-10-25-16(19-12)20(4)14(22)11-7-8-13(24-6)18-9-11/h7-10H,1-6H3. The van der Waals surface area contributed by atoms with Gasteiger partial charge in [-0.2, -0.15) is 0 Å². The molecule has 0 aromatic carbocycles. The van der Waals surface area contributed by atoms with E-state index in [0.717, 1.165) is 0 Å². The van der Waals surface area contributed by atoms with Gasteiger partial charge in [-0.05, 0) is 26.8 Å². The van der Waals surface area contributed by atoms with Crippen molar-refractivity contribution in [2.75, 3.05) is 26.1 Å². The summed E-state index contributed by atoms with van der Waals surface area (Å²) in [5, 5.41) is 2.11. The van der Waals surface area contributed by atoms with Crippen molar-refractivity contribution in [2.24, 2.45) is 0 Å². The number of amides is 2. The zero-order valence-corrected chi connectivity index (χ0v) is 16.0. The molecule has 2 amide bonds. The number of hydrogen-bond donors (Lipinski definition) is 0. The Hall–Kier alpha value is -2.48. The summed E-state index contributed by atoms with van der Waals surface area (Å²) in [7, 11) is 4.87. The second-order valence-corrected chi connectivity index (χ2v) is 7.34. The third-order valence-electron chi connectivity index (χ3n) is 3.81. The van der Waals surface area contributed by atoms with Gasteiger partial charge in [0.2, 0.25) is 5.88 Å². The molecule has 8 heteroatoms. The maximum absolute atomic E-state index is 12.5. The molecule has 0 N–H and O–H groups in total. The third kappa shape index (κ3) is 4.14. The fourth-order valence-electron chi connectivity index (χ4n) is 1.90. The van der Waals surface area contributed by atoms with E-state index in [1.165, 1.54) is 29.5 Å². The predicted molar refractivity (Wildman–Crippen MR) is 97.5 cm³/mol. The van der Waals surface area contributed by atoms with Crippen molar-refractivity contribution < 1.29 is 14.3 Å². The highest BCUT2D eigenvalue weighted by molar-refractivity contribution is 7.14. The number of ether oxygens (including phenoxy) is 1.